The Morgan fingerprint density at radius 2 is 1.05 bits per heavy atom. The molecule has 0 aliphatic heterocycles. The summed E-state index contributed by atoms with van der Waals surface area (Å²) < 4.78 is 3.67. The minimum atomic E-state index is 0.166. The van der Waals surface area contributed by atoms with Gasteiger partial charge in [-0.25, -0.2) is 9.36 Å². The van der Waals surface area contributed by atoms with Crippen molar-refractivity contribution in [2.75, 3.05) is 0 Å². The molecule has 6 rings (SSSR count). The second kappa shape index (κ2) is 12.7. The van der Waals surface area contributed by atoms with E-state index in [0.29, 0.717) is 11.6 Å². The highest BCUT2D eigenvalue weighted by molar-refractivity contribution is 6.02. The quantitative estimate of drug-likeness (QED) is 0.259. The second-order valence-electron chi connectivity index (χ2n) is 10.8. The van der Waals surface area contributed by atoms with Gasteiger partial charge in [-0.15, -0.1) is 0 Å². The van der Waals surface area contributed by atoms with Crippen molar-refractivity contribution >= 4 is 23.7 Å². The molecule has 0 spiro atoms. The summed E-state index contributed by atoms with van der Waals surface area (Å²) in [4.78, 5) is 24.2. The molecule has 2 aliphatic carbocycles. The lowest BCUT2D eigenvalue weighted by atomic mass is 9.85. The molecule has 0 saturated heterocycles. The van der Waals surface area contributed by atoms with Crippen molar-refractivity contribution in [3.63, 3.8) is 0 Å². The number of Topliss-reactive ketones (excluding diaryl/α,β-unsaturated/α-hetero) is 2. The standard InChI is InChI=1S/2C17H18N2O/c2*1-13-6-5-7-15(17(13)20)10-14-11-18-19(12-14)16-8-3-2-4-9-16/h2*2-4,8-13H,5-7H2,1H3/b2*15-10+/t13-;/m0./s1. The van der Waals surface area contributed by atoms with Gasteiger partial charge in [-0.05, 0) is 86.1 Å². The van der Waals surface area contributed by atoms with Crippen LogP contribution in [0.25, 0.3) is 23.5 Å². The van der Waals surface area contributed by atoms with Gasteiger partial charge in [-0.2, -0.15) is 10.2 Å². The predicted octanol–water partition coefficient (Wildman–Crippen LogP) is 7.29. The molecule has 4 aromatic rings. The maximum atomic E-state index is 12.1. The molecule has 2 atom stereocenters. The molecular formula is C34H36N4O2. The number of carbonyl (C=O) groups is 2. The largest absolute Gasteiger partial charge is 0.294 e. The Kier molecular flexibility index (Phi) is 8.65. The Morgan fingerprint density at radius 3 is 1.45 bits per heavy atom. The number of rotatable bonds is 4. The zero-order valence-electron chi connectivity index (χ0n) is 23.2. The van der Waals surface area contributed by atoms with E-state index in [2.05, 4.69) is 10.2 Å². The highest BCUT2D eigenvalue weighted by atomic mass is 16.1. The minimum Gasteiger partial charge on any atom is -0.294 e. The first-order valence-corrected chi connectivity index (χ1v) is 14.2. The summed E-state index contributed by atoms with van der Waals surface area (Å²) in [5.74, 6) is 0.922. The Bertz CT molecular complexity index is 1400. The van der Waals surface area contributed by atoms with Crippen LogP contribution >= 0.6 is 0 Å². The van der Waals surface area contributed by atoms with Crippen LogP contribution in [0.5, 0.6) is 0 Å². The van der Waals surface area contributed by atoms with Gasteiger partial charge in [0.2, 0.25) is 0 Å². The van der Waals surface area contributed by atoms with Gasteiger partial charge in [-0.3, -0.25) is 9.59 Å². The van der Waals surface area contributed by atoms with Crippen LogP contribution in [0, 0.1) is 11.8 Å². The van der Waals surface area contributed by atoms with E-state index in [-0.39, 0.29) is 11.8 Å². The third-order valence-corrected chi connectivity index (χ3v) is 7.62. The molecule has 6 nitrogen and oxygen atoms in total. The lowest BCUT2D eigenvalue weighted by molar-refractivity contribution is -0.120. The fourth-order valence-corrected chi connectivity index (χ4v) is 5.29. The number of hydrogen-bond donors (Lipinski definition) is 0. The molecule has 0 bridgehead atoms. The maximum Gasteiger partial charge on any atom is 0.161 e. The third kappa shape index (κ3) is 6.63. The van der Waals surface area contributed by atoms with Crippen LogP contribution in [0.4, 0.5) is 0 Å². The van der Waals surface area contributed by atoms with E-state index in [4.69, 9.17) is 0 Å². The topological polar surface area (TPSA) is 69.8 Å². The zero-order valence-corrected chi connectivity index (χ0v) is 23.2. The van der Waals surface area contributed by atoms with E-state index in [1.165, 1.54) is 0 Å². The summed E-state index contributed by atoms with van der Waals surface area (Å²) >= 11 is 0. The molecule has 0 amide bonds. The molecule has 2 aliphatic rings. The number of benzene rings is 2. The van der Waals surface area contributed by atoms with Gasteiger partial charge < -0.3 is 0 Å². The van der Waals surface area contributed by atoms with Crippen LogP contribution < -0.4 is 0 Å². The Labute approximate surface area is 236 Å². The van der Waals surface area contributed by atoms with Gasteiger partial charge >= 0.3 is 0 Å². The maximum absolute atomic E-state index is 12.1. The average Bonchev–Trinajstić information content (AvgIpc) is 3.65. The summed E-state index contributed by atoms with van der Waals surface area (Å²) in [7, 11) is 0. The Hall–Kier alpha value is -4.32. The van der Waals surface area contributed by atoms with Crippen molar-refractivity contribution in [1.82, 2.24) is 19.6 Å². The molecule has 40 heavy (non-hydrogen) atoms. The highest BCUT2D eigenvalue weighted by Gasteiger charge is 2.23. The fraction of sp³-hybridized carbons (Fsp3) is 0.294. The van der Waals surface area contributed by atoms with Crippen LogP contribution in [0.2, 0.25) is 0 Å². The van der Waals surface area contributed by atoms with Gasteiger partial charge in [0.25, 0.3) is 0 Å². The van der Waals surface area contributed by atoms with E-state index in [9.17, 15) is 9.59 Å². The van der Waals surface area contributed by atoms with Crippen molar-refractivity contribution in [2.24, 2.45) is 11.8 Å². The number of aromatic nitrogens is 4. The number of ketones is 2. The summed E-state index contributed by atoms with van der Waals surface area (Å²) in [5, 5.41) is 8.71. The molecule has 6 heteroatoms. The zero-order chi connectivity index (χ0) is 27.9. The number of allylic oxidation sites excluding steroid dienone is 2. The minimum absolute atomic E-state index is 0.166. The summed E-state index contributed by atoms with van der Waals surface area (Å²) in [6, 6.07) is 20.0. The normalized spacial score (nSPS) is 21.4. The average molecular weight is 533 g/mol. The first-order chi connectivity index (χ1) is 19.5. The van der Waals surface area contributed by atoms with Crippen molar-refractivity contribution in [1.29, 1.82) is 0 Å². The van der Waals surface area contributed by atoms with Crippen molar-refractivity contribution in [3.8, 4) is 11.4 Å². The molecule has 2 aromatic heterocycles. The van der Waals surface area contributed by atoms with E-state index < -0.39 is 0 Å². The Morgan fingerprint density at radius 1 is 0.650 bits per heavy atom. The van der Waals surface area contributed by atoms with Crippen LogP contribution in [-0.2, 0) is 9.59 Å². The van der Waals surface area contributed by atoms with E-state index in [1.54, 1.807) is 0 Å². The van der Waals surface area contributed by atoms with Crippen LogP contribution in [-0.4, -0.2) is 31.1 Å². The van der Waals surface area contributed by atoms with Crippen LogP contribution in [0.3, 0.4) is 0 Å². The molecular weight excluding hydrogens is 496 g/mol. The summed E-state index contributed by atoms with van der Waals surface area (Å²) in [6.45, 7) is 4.03. The molecule has 2 saturated carbocycles. The SMILES string of the molecule is CC1CCC/C(=C\c2cnn(-c3ccccc3)c2)C1=O.C[C@H]1CCC/C(=C\c2cnn(-c3ccccc3)c2)C1=O. The van der Waals surface area contributed by atoms with Crippen LogP contribution in [0.1, 0.15) is 63.5 Å². The number of nitrogens with zero attached hydrogens (tertiary/aromatic N) is 4. The smallest absolute Gasteiger partial charge is 0.161 e. The summed E-state index contributed by atoms with van der Waals surface area (Å²) in [5.41, 5.74) is 5.92. The van der Waals surface area contributed by atoms with Crippen molar-refractivity contribution < 1.29 is 9.59 Å². The van der Waals surface area contributed by atoms with Gasteiger partial charge in [0, 0.05) is 35.4 Å². The molecule has 204 valence electrons. The molecule has 0 radical (unpaired) electrons. The van der Waals surface area contributed by atoms with E-state index in [0.717, 1.165) is 72.2 Å². The molecule has 2 aromatic carbocycles. The van der Waals surface area contributed by atoms with Gasteiger partial charge in [0.05, 0.1) is 23.8 Å². The Balaban J connectivity index is 0.000000161. The second-order valence-corrected chi connectivity index (χ2v) is 10.8. The highest BCUT2D eigenvalue weighted by Crippen LogP contribution is 2.27. The molecule has 2 fully saturated rings. The number of carbonyl (C=O) groups excluding carboxylic acids is 2. The lowest BCUT2D eigenvalue weighted by Crippen LogP contribution is -2.18. The molecule has 2 heterocycles. The molecule has 0 N–H and O–H groups in total. The number of hydrogen-bond acceptors (Lipinski definition) is 4. The first kappa shape index (κ1) is 27.3. The first-order valence-electron chi connectivity index (χ1n) is 14.2. The number of para-hydroxylation sites is 2. The van der Waals surface area contributed by atoms with Gasteiger partial charge in [0.15, 0.2) is 11.6 Å². The summed E-state index contributed by atoms with van der Waals surface area (Å²) in [6.07, 6.45) is 17.5. The third-order valence-electron chi connectivity index (χ3n) is 7.62. The van der Waals surface area contributed by atoms with Gasteiger partial charge in [-0.1, -0.05) is 50.2 Å². The monoisotopic (exact) mass is 532 g/mol. The van der Waals surface area contributed by atoms with Crippen LogP contribution in [0.15, 0.2) is 96.6 Å². The lowest BCUT2D eigenvalue weighted by Gasteiger charge is -2.18. The van der Waals surface area contributed by atoms with Gasteiger partial charge in [0.1, 0.15) is 0 Å². The van der Waals surface area contributed by atoms with Crippen molar-refractivity contribution in [2.45, 2.75) is 52.4 Å². The fourth-order valence-electron chi connectivity index (χ4n) is 5.29. The van der Waals surface area contributed by atoms with E-state index >= 15 is 0 Å². The predicted molar refractivity (Wildman–Crippen MR) is 159 cm³/mol. The van der Waals surface area contributed by atoms with E-state index in [1.807, 2.05) is 121 Å². The van der Waals surface area contributed by atoms with Crippen molar-refractivity contribution in [3.05, 3.63) is 108 Å². The molecule has 1 unspecified atom stereocenters.